The Kier molecular flexibility index (Phi) is 6.19. The van der Waals surface area contributed by atoms with Gasteiger partial charge in [-0.1, -0.05) is 23.7 Å². The van der Waals surface area contributed by atoms with Gasteiger partial charge in [0.2, 0.25) is 11.8 Å². The molecule has 0 unspecified atom stereocenters. The number of halogens is 1. The SMILES string of the molecule is CNc1ncc2cc(-c3cccc(NS(=O)(=O)c4cc(Cl)cnc4OC)c3C#N)c(C)nc2n1. The quantitative estimate of drug-likeness (QED) is 0.408. The van der Waals surface area contributed by atoms with E-state index in [9.17, 15) is 13.7 Å². The van der Waals surface area contributed by atoms with E-state index in [1.54, 1.807) is 32.3 Å². The summed E-state index contributed by atoms with van der Waals surface area (Å²) in [7, 11) is -1.17. The average molecular weight is 496 g/mol. The van der Waals surface area contributed by atoms with Crippen molar-refractivity contribution < 1.29 is 13.2 Å². The average Bonchev–Trinajstić information content (AvgIpc) is 2.82. The minimum Gasteiger partial charge on any atom is -0.480 e. The van der Waals surface area contributed by atoms with Gasteiger partial charge in [0, 0.05) is 41.6 Å². The summed E-state index contributed by atoms with van der Waals surface area (Å²) in [6.45, 7) is 1.79. The van der Waals surface area contributed by atoms with Crippen LogP contribution >= 0.6 is 11.6 Å². The number of sulfonamides is 1. The van der Waals surface area contributed by atoms with Crippen LogP contribution in [0.1, 0.15) is 11.3 Å². The van der Waals surface area contributed by atoms with Gasteiger partial charge in [-0.3, -0.25) is 4.72 Å². The first kappa shape index (κ1) is 23.2. The molecule has 10 nitrogen and oxygen atoms in total. The molecule has 0 bridgehead atoms. The molecular weight excluding hydrogens is 478 g/mol. The number of nitrogens with zero attached hydrogens (tertiary/aromatic N) is 5. The zero-order valence-electron chi connectivity index (χ0n) is 18.3. The predicted octanol–water partition coefficient (Wildman–Crippen LogP) is 3.77. The Balaban J connectivity index is 1.82. The molecule has 3 heterocycles. The summed E-state index contributed by atoms with van der Waals surface area (Å²) < 4.78 is 33.8. The fourth-order valence-corrected chi connectivity index (χ4v) is 4.82. The summed E-state index contributed by atoms with van der Waals surface area (Å²) in [5.74, 6) is 0.314. The third kappa shape index (κ3) is 4.28. The van der Waals surface area contributed by atoms with Crippen LogP contribution in [-0.2, 0) is 10.0 Å². The number of aromatic nitrogens is 4. The van der Waals surface area contributed by atoms with Gasteiger partial charge in [-0.2, -0.15) is 10.2 Å². The lowest BCUT2D eigenvalue weighted by Gasteiger charge is -2.15. The van der Waals surface area contributed by atoms with Crippen LogP contribution in [0.5, 0.6) is 5.88 Å². The second kappa shape index (κ2) is 9.09. The molecule has 2 N–H and O–H groups in total. The van der Waals surface area contributed by atoms with E-state index in [4.69, 9.17) is 16.3 Å². The molecule has 3 aromatic heterocycles. The molecule has 172 valence electrons. The second-order valence-electron chi connectivity index (χ2n) is 7.08. The van der Waals surface area contributed by atoms with Crippen LogP contribution in [0.4, 0.5) is 11.6 Å². The summed E-state index contributed by atoms with van der Waals surface area (Å²) in [6.07, 6.45) is 2.90. The molecule has 34 heavy (non-hydrogen) atoms. The van der Waals surface area contributed by atoms with Gasteiger partial charge < -0.3 is 10.1 Å². The third-order valence-corrected chi connectivity index (χ3v) is 6.53. The number of aryl methyl sites for hydroxylation is 1. The zero-order chi connectivity index (χ0) is 24.5. The lowest BCUT2D eigenvalue weighted by molar-refractivity contribution is 0.385. The fraction of sp³-hybridized carbons (Fsp3) is 0.136. The van der Waals surface area contributed by atoms with E-state index in [-0.39, 0.29) is 27.0 Å². The molecule has 0 aliphatic heterocycles. The first-order valence-corrected chi connectivity index (χ1v) is 11.7. The Bertz CT molecular complexity index is 1570. The predicted molar refractivity (Wildman–Crippen MR) is 128 cm³/mol. The van der Waals surface area contributed by atoms with Gasteiger partial charge in [0.25, 0.3) is 10.0 Å². The fourth-order valence-electron chi connectivity index (χ4n) is 3.38. The highest BCUT2D eigenvalue weighted by Crippen LogP contribution is 2.34. The van der Waals surface area contributed by atoms with Crippen LogP contribution in [-0.4, -0.2) is 42.5 Å². The summed E-state index contributed by atoms with van der Waals surface area (Å²) in [5, 5.41) is 13.6. The Morgan fingerprint density at radius 1 is 1.12 bits per heavy atom. The van der Waals surface area contributed by atoms with E-state index in [2.05, 4.69) is 36.0 Å². The van der Waals surface area contributed by atoms with Crippen molar-refractivity contribution in [3.63, 3.8) is 0 Å². The highest BCUT2D eigenvalue weighted by atomic mass is 35.5. The maximum Gasteiger partial charge on any atom is 0.267 e. The maximum atomic E-state index is 13.1. The standard InChI is InChI=1S/C22H18ClN7O3S/c1-12-16(7-13-10-27-22(25-2)29-20(13)28-12)15-5-4-6-18(17(15)9-24)30-34(31,32)19-8-14(23)11-26-21(19)33-3/h4-8,10-11,30H,1-3H3,(H,25,27,28,29). The van der Waals surface area contributed by atoms with Crippen LogP contribution < -0.4 is 14.8 Å². The number of hydrogen-bond acceptors (Lipinski definition) is 9. The van der Waals surface area contributed by atoms with Gasteiger partial charge in [0.15, 0.2) is 10.5 Å². The van der Waals surface area contributed by atoms with Crippen molar-refractivity contribution in [2.24, 2.45) is 0 Å². The monoisotopic (exact) mass is 495 g/mol. The van der Waals surface area contributed by atoms with Crippen LogP contribution in [0.25, 0.3) is 22.2 Å². The minimum absolute atomic E-state index is 0.0864. The molecule has 0 atom stereocenters. The van der Waals surface area contributed by atoms with Crippen molar-refractivity contribution in [2.45, 2.75) is 11.8 Å². The van der Waals surface area contributed by atoms with E-state index in [0.717, 1.165) is 0 Å². The van der Waals surface area contributed by atoms with Gasteiger partial charge in [-0.25, -0.2) is 23.4 Å². The molecule has 0 saturated carbocycles. The molecule has 0 aliphatic rings. The molecule has 1 aromatic carbocycles. The Hall–Kier alpha value is -4.01. The third-order valence-electron chi connectivity index (χ3n) is 4.96. The van der Waals surface area contributed by atoms with E-state index < -0.39 is 10.0 Å². The van der Waals surface area contributed by atoms with Gasteiger partial charge >= 0.3 is 0 Å². The van der Waals surface area contributed by atoms with Gasteiger partial charge in [-0.05, 0) is 25.1 Å². The molecule has 0 fully saturated rings. The maximum absolute atomic E-state index is 13.1. The van der Waals surface area contributed by atoms with Crippen molar-refractivity contribution in [3.8, 4) is 23.1 Å². The Morgan fingerprint density at radius 3 is 2.62 bits per heavy atom. The number of hydrogen-bond donors (Lipinski definition) is 2. The van der Waals surface area contributed by atoms with Crippen molar-refractivity contribution in [1.29, 1.82) is 5.26 Å². The number of fused-ring (bicyclic) bond motifs is 1. The van der Waals surface area contributed by atoms with Crippen molar-refractivity contribution in [2.75, 3.05) is 24.2 Å². The smallest absolute Gasteiger partial charge is 0.267 e. The lowest BCUT2D eigenvalue weighted by Crippen LogP contribution is -2.16. The van der Waals surface area contributed by atoms with Crippen molar-refractivity contribution >= 4 is 44.3 Å². The van der Waals surface area contributed by atoms with Crippen LogP contribution in [0.2, 0.25) is 5.02 Å². The molecule has 4 rings (SSSR count). The van der Waals surface area contributed by atoms with E-state index in [1.165, 1.54) is 25.4 Å². The first-order valence-electron chi connectivity index (χ1n) is 9.85. The van der Waals surface area contributed by atoms with Crippen LogP contribution in [0.3, 0.4) is 0 Å². The van der Waals surface area contributed by atoms with Crippen molar-refractivity contribution in [1.82, 2.24) is 19.9 Å². The number of rotatable bonds is 6. The number of benzene rings is 1. The molecule has 0 amide bonds. The van der Waals surface area contributed by atoms with Crippen LogP contribution in [0.15, 0.2) is 47.6 Å². The van der Waals surface area contributed by atoms with Gasteiger partial charge in [-0.15, -0.1) is 0 Å². The number of methoxy groups -OCH3 is 1. The first-order chi connectivity index (χ1) is 16.3. The van der Waals surface area contributed by atoms with E-state index in [1.807, 2.05) is 6.07 Å². The van der Waals surface area contributed by atoms with Crippen molar-refractivity contribution in [3.05, 3.63) is 59.0 Å². The molecular formula is C22H18ClN7O3S. The Morgan fingerprint density at radius 2 is 1.91 bits per heavy atom. The van der Waals surface area contributed by atoms with E-state index >= 15 is 0 Å². The number of pyridine rings is 2. The molecule has 4 aromatic rings. The van der Waals surface area contributed by atoms with Gasteiger partial charge in [0.05, 0.1) is 23.4 Å². The number of nitrogens with one attached hydrogen (secondary N) is 2. The van der Waals surface area contributed by atoms with Crippen LogP contribution in [0, 0.1) is 18.3 Å². The number of ether oxygens (including phenoxy) is 1. The normalized spacial score (nSPS) is 11.1. The number of anilines is 2. The molecule has 0 spiro atoms. The largest absolute Gasteiger partial charge is 0.480 e. The minimum atomic E-state index is -4.18. The van der Waals surface area contributed by atoms with Gasteiger partial charge in [0.1, 0.15) is 6.07 Å². The molecule has 0 radical (unpaired) electrons. The summed E-state index contributed by atoms with van der Waals surface area (Å²) >= 11 is 5.95. The Labute approximate surface area is 200 Å². The lowest BCUT2D eigenvalue weighted by atomic mass is 9.97. The number of nitriles is 1. The zero-order valence-corrected chi connectivity index (χ0v) is 19.9. The summed E-state index contributed by atoms with van der Waals surface area (Å²) in [4.78, 5) is 16.7. The summed E-state index contributed by atoms with van der Waals surface area (Å²) in [5.41, 5.74) is 2.47. The second-order valence-corrected chi connectivity index (χ2v) is 9.17. The molecule has 0 aliphatic carbocycles. The topological polar surface area (TPSA) is 143 Å². The molecule has 0 saturated heterocycles. The molecule has 12 heteroatoms. The highest BCUT2D eigenvalue weighted by Gasteiger charge is 2.24. The highest BCUT2D eigenvalue weighted by molar-refractivity contribution is 7.92. The summed E-state index contributed by atoms with van der Waals surface area (Å²) in [6, 6.07) is 10.0. The van der Waals surface area contributed by atoms with E-state index in [0.29, 0.717) is 33.8 Å².